The minimum atomic E-state index is -1.10. The van der Waals surface area contributed by atoms with Crippen LogP contribution in [0.4, 0.5) is 0 Å². The minimum Gasteiger partial charge on any atom is -0.465 e. The van der Waals surface area contributed by atoms with Crippen molar-refractivity contribution in [2.75, 3.05) is 13.2 Å². The normalized spacial score (nSPS) is 26.5. The average molecular weight is 294 g/mol. The average Bonchev–Trinajstić information content (AvgIpc) is 2.29. The first-order chi connectivity index (χ1) is 9.89. The van der Waals surface area contributed by atoms with Crippen LogP contribution < -0.4 is 0 Å². The summed E-state index contributed by atoms with van der Waals surface area (Å²) in [6.07, 6.45) is 4.33. The zero-order valence-electron chi connectivity index (χ0n) is 12.7. The van der Waals surface area contributed by atoms with Gasteiger partial charge in [-0.3, -0.25) is 14.4 Å². The smallest absolute Gasteiger partial charge is 0.323 e. The molecule has 0 unspecified atom stereocenters. The van der Waals surface area contributed by atoms with Crippen LogP contribution in [0.1, 0.15) is 52.4 Å². The van der Waals surface area contributed by atoms with E-state index in [9.17, 15) is 14.4 Å². The first-order valence-electron chi connectivity index (χ1n) is 7.75. The first-order valence-corrected chi connectivity index (χ1v) is 7.75. The molecule has 0 amide bonds. The van der Waals surface area contributed by atoms with Crippen molar-refractivity contribution in [3.05, 3.63) is 0 Å². The molecule has 0 aliphatic heterocycles. The number of hydrogen-bond donors (Lipinski definition) is 0. The third kappa shape index (κ3) is 2.00. The van der Waals surface area contributed by atoms with E-state index in [4.69, 9.17) is 9.47 Å². The lowest BCUT2D eigenvalue weighted by atomic mass is 9.35. The molecule has 0 bridgehead atoms. The Hall–Kier alpha value is -1.39. The van der Waals surface area contributed by atoms with E-state index in [0.29, 0.717) is 31.5 Å². The fraction of sp³-hybridized carbons (Fsp3) is 0.812. The highest BCUT2D eigenvalue weighted by atomic mass is 16.6. The zero-order valence-corrected chi connectivity index (χ0v) is 12.7. The van der Waals surface area contributed by atoms with Crippen molar-refractivity contribution in [1.29, 1.82) is 0 Å². The molecule has 116 valence electrons. The third-order valence-corrected chi connectivity index (χ3v) is 5.33. The Morgan fingerprint density at radius 1 is 0.905 bits per heavy atom. The van der Waals surface area contributed by atoms with Crippen LogP contribution in [0.5, 0.6) is 0 Å². The molecule has 2 spiro atoms. The number of ether oxygens (including phenoxy) is 2. The highest BCUT2D eigenvalue weighted by molar-refractivity contribution is 6.01. The quantitative estimate of drug-likeness (QED) is 0.586. The number of rotatable bonds is 4. The zero-order chi connectivity index (χ0) is 15.3. The van der Waals surface area contributed by atoms with Crippen molar-refractivity contribution in [1.82, 2.24) is 0 Å². The summed E-state index contributed by atoms with van der Waals surface area (Å²) >= 11 is 0. The molecular weight excluding hydrogens is 272 g/mol. The number of esters is 2. The van der Waals surface area contributed by atoms with Crippen LogP contribution in [-0.4, -0.2) is 30.9 Å². The van der Waals surface area contributed by atoms with Gasteiger partial charge in [-0.15, -0.1) is 0 Å². The summed E-state index contributed by atoms with van der Waals surface area (Å²) < 4.78 is 10.2. The highest BCUT2D eigenvalue weighted by Crippen LogP contribution is 2.74. The second-order valence-electron chi connectivity index (χ2n) is 7.12. The molecule has 3 aliphatic rings. The summed E-state index contributed by atoms with van der Waals surface area (Å²) in [5.41, 5.74) is -0.853. The van der Waals surface area contributed by atoms with Gasteiger partial charge in [0.05, 0.1) is 13.2 Å². The van der Waals surface area contributed by atoms with Gasteiger partial charge in [-0.25, -0.2) is 0 Å². The highest BCUT2D eigenvalue weighted by Gasteiger charge is 2.72. The van der Waals surface area contributed by atoms with E-state index in [0.717, 1.165) is 12.8 Å². The van der Waals surface area contributed by atoms with Gasteiger partial charge in [0.15, 0.2) is 5.41 Å². The fourth-order valence-corrected chi connectivity index (χ4v) is 4.96. The molecule has 3 aliphatic carbocycles. The van der Waals surface area contributed by atoms with Gasteiger partial charge in [0.25, 0.3) is 0 Å². The van der Waals surface area contributed by atoms with E-state index in [2.05, 4.69) is 0 Å². The summed E-state index contributed by atoms with van der Waals surface area (Å²) in [5, 5.41) is 0. The molecule has 0 atom stereocenters. The summed E-state index contributed by atoms with van der Waals surface area (Å²) in [4.78, 5) is 35.6. The number of carbonyl (C=O) groups is 3. The molecule has 0 heterocycles. The molecule has 3 rings (SSSR count). The summed E-state index contributed by atoms with van der Waals surface area (Å²) in [7, 11) is 0. The van der Waals surface area contributed by atoms with Crippen LogP contribution in [0.2, 0.25) is 0 Å². The Kier molecular flexibility index (Phi) is 3.15. The van der Waals surface area contributed by atoms with Gasteiger partial charge in [0.2, 0.25) is 0 Å². The van der Waals surface area contributed by atoms with Crippen molar-refractivity contribution >= 4 is 17.7 Å². The molecule has 0 radical (unpaired) electrons. The van der Waals surface area contributed by atoms with E-state index in [-0.39, 0.29) is 24.0 Å². The number of Topliss-reactive ketones (excluding diaryl/α,β-unsaturated/α-hetero) is 1. The van der Waals surface area contributed by atoms with Gasteiger partial charge in [-0.1, -0.05) is 0 Å². The van der Waals surface area contributed by atoms with Crippen molar-refractivity contribution < 1.29 is 23.9 Å². The molecule has 21 heavy (non-hydrogen) atoms. The Labute approximate surface area is 124 Å². The van der Waals surface area contributed by atoms with Crippen molar-refractivity contribution in [2.45, 2.75) is 52.4 Å². The van der Waals surface area contributed by atoms with E-state index in [1.54, 1.807) is 13.8 Å². The molecule has 0 N–H and O–H groups in total. The van der Waals surface area contributed by atoms with Gasteiger partial charge in [0.1, 0.15) is 5.78 Å². The maximum atomic E-state index is 12.2. The van der Waals surface area contributed by atoms with Gasteiger partial charge in [-0.05, 0) is 50.4 Å². The molecule has 0 aromatic heterocycles. The minimum absolute atomic E-state index is 0.0558. The summed E-state index contributed by atoms with van der Waals surface area (Å²) in [5.74, 6) is -0.550. The van der Waals surface area contributed by atoms with Gasteiger partial charge < -0.3 is 9.47 Å². The number of hydrogen-bond acceptors (Lipinski definition) is 5. The van der Waals surface area contributed by atoms with Gasteiger partial charge in [0, 0.05) is 12.8 Å². The van der Waals surface area contributed by atoms with Crippen LogP contribution in [0.15, 0.2) is 0 Å². The maximum Gasteiger partial charge on any atom is 0.323 e. The topological polar surface area (TPSA) is 69.7 Å². The van der Waals surface area contributed by atoms with Crippen LogP contribution in [-0.2, 0) is 23.9 Å². The lowest BCUT2D eigenvalue weighted by molar-refractivity contribution is -0.222. The van der Waals surface area contributed by atoms with Gasteiger partial charge >= 0.3 is 11.9 Å². The van der Waals surface area contributed by atoms with E-state index in [1.807, 2.05) is 0 Å². The van der Waals surface area contributed by atoms with Crippen molar-refractivity contribution in [3.63, 3.8) is 0 Å². The maximum absolute atomic E-state index is 12.2. The monoisotopic (exact) mass is 294 g/mol. The predicted molar refractivity (Wildman–Crippen MR) is 73.3 cm³/mol. The van der Waals surface area contributed by atoms with Crippen molar-refractivity contribution in [3.8, 4) is 0 Å². The Balaban J connectivity index is 1.67. The summed E-state index contributed by atoms with van der Waals surface area (Å²) in [6, 6.07) is 0. The van der Waals surface area contributed by atoms with Crippen LogP contribution in [0.25, 0.3) is 0 Å². The van der Waals surface area contributed by atoms with Crippen LogP contribution >= 0.6 is 0 Å². The molecule has 5 nitrogen and oxygen atoms in total. The molecule has 3 saturated carbocycles. The second kappa shape index (κ2) is 4.55. The van der Waals surface area contributed by atoms with Gasteiger partial charge in [-0.2, -0.15) is 0 Å². The Bertz CT molecular complexity index is 463. The molecule has 0 aromatic carbocycles. The molecular formula is C16H22O5. The van der Waals surface area contributed by atoms with Crippen molar-refractivity contribution in [2.24, 2.45) is 16.2 Å². The first kappa shape index (κ1) is 14.5. The predicted octanol–water partition coefficient (Wildman–Crippen LogP) is 2.02. The fourth-order valence-electron chi connectivity index (χ4n) is 4.96. The molecule has 5 heteroatoms. The molecule has 3 fully saturated rings. The lowest BCUT2D eigenvalue weighted by Gasteiger charge is -2.68. The largest absolute Gasteiger partial charge is 0.465 e. The van der Waals surface area contributed by atoms with E-state index < -0.39 is 17.4 Å². The standard InChI is InChI=1S/C16H22O5/c1-3-20-12(18)16(13(19)21-4-2)9-15(10-16)7-14(8-15)5-11(17)6-14/h3-10H2,1-2H3. The molecule has 0 saturated heterocycles. The number of ketones is 1. The Morgan fingerprint density at radius 2 is 1.38 bits per heavy atom. The molecule has 0 aromatic rings. The third-order valence-electron chi connectivity index (χ3n) is 5.33. The second-order valence-corrected chi connectivity index (χ2v) is 7.12. The van der Waals surface area contributed by atoms with Crippen LogP contribution in [0.3, 0.4) is 0 Å². The van der Waals surface area contributed by atoms with E-state index in [1.165, 1.54) is 0 Å². The lowest BCUT2D eigenvalue weighted by Crippen LogP contribution is -2.66. The number of carbonyl (C=O) groups excluding carboxylic acids is 3. The Morgan fingerprint density at radius 3 is 1.76 bits per heavy atom. The SMILES string of the molecule is CCOC(=O)C1(C(=O)OCC)CC2(CC3(CC(=O)C3)C2)C1. The summed E-state index contributed by atoms with van der Waals surface area (Å²) in [6.45, 7) is 4.02. The van der Waals surface area contributed by atoms with Crippen LogP contribution in [0, 0.1) is 16.2 Å². The van der Waals surface area contributed by atoms with E-state index >= 15 is 0 Å².